The number of benzene rings is 1. The van der Waals surface area contributed by atoms with Crippen molar-refractivity contribution in [3.05, 3.63) is 22.7 Å². The first kappa shape index (κ1) is 16.3. The molecule has 19 heavy (non-hydrogen) atoms. The Kier molecular flexibility index (Phi) is 5.24. The predicted octanol–water partition coefficient (Wildman–Crippen LogP) is 3.04. The molecule has 4 nitrogen and oxygen atoms in total. The van der Waals surface area contributed by atoms with Crippen LogP contribution >= 0.6 is 11.6 Å². The quantitative estimate of drug-likeness (QED) is 0.850. The van der Waals surface area contributed by atoms with Gasteiger partial charge in [0, 0.05) is 12.6 Å². The molecule has 1 unspecified atom stereocenters. The van der Waals surface area contributed by atoms with Gasteiger partial charge in [0.2, 0.25) is 10.0 Å². The molecule has 0 spiro atoms. The van der Waals surface area contributed by atoms with E-state index in [-0.39, 0.29) is 16.6 Å². The molecule has 0 bridgehead atoms. The van der Waals surface area contributed by atoms with Crippen molar-refractivity contribution in [3.8, 4) is 0 Å². The van der Waals surface area contributed by atoms with Crippen LogP contribution in [0.15, 0.2) is 17.0 Å². The highest BCUT2D eigenvalue weighted by atomic mass is 35.5. The minimum Gasteiger partial charge on any atom is -0.397 e. The monoisotopic (exact) mass is 304 g/mol. The Morgan fingerprint density at radius 2 is 1.95 bits per heavy atom. The molecule has 0 saturated heterocycles. The normalized spacial score (nSPS) is 13.8. The molecule has 108 valence electrons. The lowest BCUT2D eigenvalue weighted by Gasteiger charge is -2.27. The van der Waals surface area contributed by atoms with Crippen LogP contribution in [0.4, 0.5) is 5.69 Å². The van der Waals surface area contributed by atoms with Gasteiger partial charge in [-0.2, -0.15) is 4.31 Å². The summed E-state index contributed by atoms with van der Waals surface area (Å²) in [6.45, 7) is 7.85. The minimum absolute atomic E-state index is 0.0497. The maximum Gasteiger partial charge on any atom is 0.243 e. The number of nitrogens with two attached hydrogens (primary N) is 1. The van der Waals surface area contributed by atoms with E-state index < -0.39 is 10.0 Å². The summed E-state index contributed by atoms with van der Waals surface area (Å²) in [7, 11) is -3.54. The van der Waals surface area contributed by atoms with E-state index >= 15 is 0 Å². The summed E-state index contributed by atoms with van der Waals surface area (Å²) < 4.78 is 26.8. The molecular formula is C13H21ClN2O2S. The van der Waals surface area contributed by atoms with E-state index in [0.717, 1.165) is 6.42 Å². The van der Waals surface area contributed by atoms with Crippen LogP contribution in [0.3, 0.4) is 0 Å². The Labute approximate surface area is 120 Å². The van der Waals surface area contributed by atoms with E-state index in [1.165, 1.54) is 10.4 Å². The van der Waals surface area contributed by atoms with E-state index in [9.17, 15) is 8.42 Å². The number of aryl methyl sites for hydroxylation is 1. The first-order valence-corrected chi connectivity index (χ1v) is 8.14. The van der Waals surface area contributed by atoms with Gasteiger partial charge in [-0.25, -0.2) is 8.42 Å². The largest absolute Gasteiger partial charge is 0.397 e. The maximum absolute atomic E-state index is 12.7. The third kappa shape index (κ3) is 3.22. The number of hydrogen-bond donors (Lipinski definition) is 1. The Balaban J connectivity index is 3.38. The zero-order valence-corrected chi connectivity index (χ0v) is 13.3. The molecule has 1 aromatic carbocycles. The van der Waals surface area contributed by atoms with Crippen molar-refractivity contribution in [3.63, 3.8) is 0 Å². The Morgan fingerprint density at radius 3 is 2.42 bits per heavy atom. The van der Waals surface area contributed by atoms with Crippen molar-refractivity contribution >= 4 is 27.3 Å². The van der Waals surface area contributed by atoms with Crippen molar-refractivity contribution in [1.82, 2.24) is 4.31 Å². The molecule has 0 aliphatic rings. The number of rotatable bonds is 5. The van der Waals surface area contributed by atoms with E-state index in [1.807, 2.05) is 20.8 Å². The Bertz CT molecular complexity index is 558. The van der Waals surface area contributed by atoms with Crippen molar-refractivity contribution in [1.29, 1.82) is 0 Å². The van der Waals surface area contributed by atoms with E-state index in [0.29, 0.717) is 17.1 Å². The molecule has 0 radical (unpaired) electrons. The number of anilines is 1. The average Bonchev–Trinajstić information content (AvgIpc) is 2.33. The smallest absolute Gasteiger partial charge is 0.243 e. The van der Waals surface area contributed by atoms with Crippen LogP contribution in [-0.2, 0) is 10.0 Å². The molecular weight excluding hydrogens is 284 g/mol. The summed E-state index contributed by atoms with van der Waals surface area (Å²) in [5.41, 5.74) is 6.62. The predicted molar refractivity (Wildman–Crippen MR) is 79.9 cm³/mol. The van der Waals surface area contributed by atoms with Gasteiger partial charge in [0.25, 0.3) is 0 Å². The van der Waals surface area contributed by atoms with Crippen molar-refractivity contribution in [2.75, 3.05) is 12.3 Å². The Morgan fingerprint density at radius 1 is 1.37 bits per heavy atom. The van der Waals surface area contributed by atoms with Gasteiger partial charge < -0.3 is 5.73 Å². The third-order valence-electron chi connectivity index (χ3n) is 3.28. The van der Waals surface area contributed by atoms with Gasteiger partial charge in [0.05, 0.1) is 15.6 Å². The van der Waals surface area contributed by atoms with Crippen LogP contribution in [0.25, 0.3) is 0 Å². The summed E-state index contributed by atoms with van der Waals surface area (Å²) in [6, 6.07) is 2.98. The molecule has 0 heterocycles. The topological polar surface area (TPSA) is 63.4 Å². The Hall–Kier alpha value is -0.780. The molecule has 0 aliphatic heterocycles. The lowest BCUT2D eigenvalue weighted by Crippen LogP contribution is -2.38. The lowest BCUT2D eigenvalue weighted by molar-refractivity contribution is 0.342. The van der Waals surface area contributed by atoms with Gasteiger partial charge >= 0.3 is 0 Å². The van der Waals surface area contributed by atoms with Gasteiger partial charge in [-0.3, -0.25) is 0 Å². The lowest BCUT2D eigenvalue weighted by atomic mass is 10.2. The summed E-state index contributed by atoms with van der Waals surface area (Å²) in [5, 5.41) is 0.378. The molecule has 0 saturated carbocycles. The summed E-state index contributed by atoms with van der Waals surface area (Å²) >= 11 is 5.91. The zero-order chi connectivity index (χ0) is 14.8. The fraction of sp³-hybridized carbons (Fsp3) is 0.538. The molecule has 1 rings (SSSR count). The minimum atomic E-state index is -3.54. The molecule has 0 fully saturated rings. The number of hydrogen-bond acceptors (Lipinski definition) is 3. The van der Waals surface area contributed by atoms with Crippen molar-refractivity contribution < 1.29 is 8.42 Å². The first-order chi connectivity index (χ1) is 8.75. The molecule has 2 N–H and O–H groups in total. The average molecular weight is 305 g/mol. The second kappa shape index (κ2) is 6.11. The molecule has 6 heteroatoms. The van der Waals surface area contributed by atoms with Crippen LogP contribution < -0.4 is 5.73 Å². The highest BCUT2D eigenvalue weighted by Crippen LogP contribution is 2.29. The molecule has 1 aromatic rings. The summed E-state index contributed by atoms with van der Waals surface area (Å²) in [6.07, 6.45) is 0.759. The SMILES string of the molecule is CCC(C)N(CC)S(=O)(=O)c1cc(N)c(Cl)cc1C. The van der Waals surface area contributed by atoms with Crippen molar-refractivity contribution in [2.24, 2.45) is 0 Å². The maximum atomic E-state index is 12.7. The second-order valence-corrected chi connectivity index (χ2v) is 6.87. The summed E-state index contributed by atoms with van der Waals surface area (Å²) in [5.74, 6) is 0. The number of nitrogens with zero attached hydrogens (tertiary/aromatic N) is 1. The van der Waals surface area contributed by atoms with E-state index in [2.05, 4.69) is 0 Å². The zero-order valence-electron chi connectivity index (χ0n) is 11.8. The first-order valence-electron chi connectivity index (χ1n) is 6.33. The number of halogens is 1. The van der Waals surface area contributed by atoms with Gasteiger partial charge in [-0.15, -0.1) is 0 Å². The highest BCUT2D eigenvalue weighted by Gasteiger charge is 2.28. The van der Waals surface area contributed by atoms with E-state index in [4.69, 9.17) is 17.3 Å². The molecule has 1 atom stereocenters. The number of sulfonamides is 1. The van der Waals surface area contributed by atoms with Crippen LogP contribution in [0.2, 0.25) is 5.02 Å². The fourth-order valence-electron chi connectivity index (χ4n) is 1.99. The van der Waals surface area contributed by atoms with Gasteiger partial charge in [0.15, 0.2) is 0 Å². The summed E-state index contributed by atoms with van der Waals surface area (Å²) in [4.78, 5) is 0.233. The van der Waals surface area contributed by atoms with E-state index in [1.54, 1.807) is 13.0 Å². The highest BCUT2D eigenvalue weighted by molar-refractivity contribution is 7.89. The van der Waals surface area contributed by atoms with Crippen LogP contribution in [0.1, 0.15) is 32.8 Å². The molecule has 0 aromatic heterocycles. The van der Waals surface area contributed by atoms with Crippen LogP contribution in [0.5, 0.6) is 0 Å². The van der Waals surface area contributed by atoms with Crippen molar-refractivity contribution in [2.45, 2.75) is 45.1 Å². The van der Waals surface area contributed by atoms with Crippen LogP contribution in [0, 0.1) is 6.92 Å². The van der Waals surface area contributed by atoms with Crippen LogP contribution in [-0.4, -0.2) is 25.3 Å². The third-order valence-corrected chi connectivity index (χ3v) is 5.83. The second-order valence-electron chi connectivity index (χ2n) is 4.60. The number of nitrogen functional groups attached to an aromatic ring is 1. The molecule has 0 aliphatic carbocycles. The molecule has 0 amide bonds. The van der Waals surface area contributed by atoms with Gasteiger partial charge in [-0.05, 0) is 38.0 Å². The van der Waals surface area contributed by atoms with Gasteiger partial charge in [-0.1, -0.05) is 25.4 Å². The fourth-order valence-corrected chi connectivity index (χ4v) is 4.17. The standard InChI is InChI=1S/C13H21ClN2O2S/c1-5-10(4)16(6-2)19(17,18)13-8-12(15)11(14)7-9(13)3/h7-8,10H,5-6,15H2,1-4H3. The van der Waals surface area contributed by atoms with Gasteiger partial charge in [0.1, 0.15) is 0 Å².